The van der Waals surface area contributed by atoms with E-state index in [0.29, 0.717) is 42.8 Å². The molecule has 0 unspecified atom stereocenters. The normalized spacial score (nSPS) is 15.4. The Labute approximate surface area is 139 Å². The fourth-order valence-corrected chi connectivity index (χ4v) is 2.67. The maximum absolute atomic E-state index is 14.3. The molecule has 1 aliphatic heterocycles. The average Bonchev–Trinajstić information content (AvgIpc) is 2.63. The van der Waals surface area contributed by atoms with E-state index in [9.17, 15) is 4.39 Å². The molecule has 2 aromatic rings. The van der Waals surface area contributed by atoms with Gasteiger partial charge in [-0.15, -0.1) is 0 Å². The molecule has 0 N–H and O–H groups in total. The minimum absolute atomic E-state index is 0.00480. The van der Waals surface area contributed by atoms with Gasteiger partial charge in [0.2, 0.25) is 0 Å². The zero-order chi connectivity index (χ0) is 16.9. The Balaban J connectivity index is 1.59. The molecule has 0 spiro atoms. The topological polar surface area (TPSA) is 73.3 Å². The van der Waals surface area contributed by atoms with E-state index in [-0.39, 0.29) is 11.9 Å². The van der Waals surface area contributed by atoms with Crippen molar-refractivity contribution in [1.29, 1.82) is 0 Å². The molecule has 1 saturated heterocycles. The zero-order valence-corrected chi connectivity index (χ0v) is 13.8. The predicted octanol–water partition coefficient (Wildman–Crippen LogP) is 2.02. The van der Waals surface area contributed by atoms with Gasteiger partial charge < -0.3 is 14.4 Å². The molecule has 3 rings (SSSR count). The van der Waals surface area contributed by atoms with Gasteiger partial charge in [0.1, 0.15) is 12.4 Å². The van der Waals surface area contributed by atoms with Crippen molar-refractivity contribution >= 4 is 5.82 Å². The highest BCUT2D eigenvalue weighted by Crippen LogP contribution is 2.24. The summed E-state index contributed by atoms with van der Waals surface area (Å²) in [6.45, 7) is 3.21. The van der Waals surface area contributed by atoms with Crippen LogP contribution in [-0.4, -0.2) is 46.2 Å². The Morgan fingerprint density at radius 1 is 1.17 bits per heavy atom. The standard InChI is InChI=1S/C16H20FN5O2/c1-3-13-14(17)15(21-10-20-13)22-6-4-11(5-7-22)24-16-18-8-12(23-2)9-19-16/h8-11H,3-7H2,1-2H3. The minimum Gasteiger partial charge on any atom is -0.494 e. The molecular formula is C16H20FN5O2. The molecule has 2 aromatic heterocycles. The van der Waals surface area contributed by atoms with Gasteiger partial charge in [-0.3, -0.25) is 0 Å². The lowest BCUT2D eigenvalue weighted by atomic mass is 10.1. The number of hydrogen-bond donors (Lipinski definition) is 0. The van der Waals surface area contributed by atoms with Gasteiger partial charge in [0.05, 0.1) is 25.2 Å². The van der Waals surface area contributed by atoms with Crippen LogP contribution in [0.2, 0.25) is 0 Å². The van der Waals surface area contributed by atoms with Crippen LogP contribution in [0.4, 0.5) is 10.2 Å². The summed E-state index contributed by atoms with van der Waals surface area (Å²) in [5, 5.41) is 0. The van der Waals surface area contributed by atoms with E-state index >= 15 is 0 Å². The second-order valence-corrected chi connectivity index (χ2v) is 5.52. The molecule has 128 valence electrons. The number of rotatable bonds is 5. The zero-order valence-electron chi connectivity index (χ0n) is 13.8. The molecule has 24 heavy (non-hydrogen) atoms. The summed E-state index contributed by atoms with van der Waals surface area (Å²) in [7, 11) is 1.56. The van der Waals surface area contributed by atoms with E-state index < -0.39 is 0 Å². The summed E-state index contributed by atoms with van der Waals surface area (Å²) in [4.78, 5) is 18.2. The molecule has 0 bridgehead atoms. The van der Waals surface area contributed by atoms with Crippen LogP contribution in [0.15, 0.2) is 18.7 Å². The number of nitrogens with zero attached hydrogens (tertiary/aromatic N) is 5. The number of aromatic nitrogens is 4. The Hall–Kier alpha value is -2.51. The van der Waals surface area contributed by atoms with Crippen molar-refractivity contribution in [3.63, 3.8) is 0 Å². The second kappa shape index (κ2) is 7.37. The average molecular weight is 333 g/mol. The number of ether oxygens (including phenoxy) is 2. The largest absolute Gasteiger partial charge is 0.494 e. The van der Waals surface area contributed by atoms with Gasteiger partial charge in [-0.2, -0.15) is 9.97 Å². The molecule has 0 saturated carbocycles. The van der Waals surface area contributed by atoms with E-state index in [4.69, 9.17) is 9.47 Å². The van der Waals surface area contributed by atoms with Crippen LogP contribution in [0.3, 0.4) is 0 Å². The summed E-state index contributed by atoms with van der Waals surface area (Å²) in [6.07, 6.45) is 6.62. The summed E-state index contributed by atoms with van der Waals surface area (Å²) in [6, 6.07) is 0.329. The summed E-state index contributed by atoms with van der Waals surface area (Å²) < 4.78 is 25.1. The smallest absolute Gasteiger partial charge is 0.316 e. The van der Waals surface area contributed by atoms with Crippen molar-refractivity contribution in [2.45, 2.75) is 32.3 Å². The molecule has 0 atom stereocenters. The third-order valence-electron chi connectivity index (χ3n) is 4.03. The monoisotopic (exact) mass is 333 g/mol. The maximum atomic E-state index is 14.3. The van der Waals surface area contributed by atoms with Crippen molar-refractivity contribution in [2.24, 2.45) is 0 Å². The van der Waals surface area contributed by atoms with Gasteiger partial charge >= 0.3 is 6.01 Å². The van der Waals surface area contributed by atoms with Crippen molar-refractivity contribution in [2.75, 3.05) is 25.1 Å². The van der Waals surface area contributed by atoms with Gasteiger partial charge in [0, 0.05) is 25.9 Å². The summed E-state index contributed by atoms with van der Waals surface area (Å²) in [5.41, 5.74) is 0.449. The maximum Gasteiger partial charge on any atom is 0.316 e. The number of hydrogen-bond acceptors (Lipinski definition) is 7. The van der Waals surface area contributed by atoms with E-state index in [1.165, 1.54) is 6.33 Å². The quantitative estimate of drug-likeness (QED) is 0.829. The van der Waals surface area contributed by atoms with E-state index in [2.05, 4.69) is 19.9 Å². The number of methoxy groups -OCH3 is 1. The lowest BCUT2D eigenvalue weighted by Crippen LogP contribution is -2.39. The molecule has 8 heteroatoms. The Morgan fingerprint density at radius 2 is 1.88 bits per heavy atom. The Kier molecular flexibility index (Phi) is 5.02. The Bertz CT molecular complexity index is 675. The van der Waals surface area contributed by atoms with Crippen LogP contribution in [0.1, 0.15) is 25.5 Å². The molecule has 0 amide bonds. The number of piperidine rings is 1. The lowest BCUT2D eigenvalue weighted by molar-refractivity contribution is 0.155. The summed E-state index contributed by atoms with van der Waals surface area (Å²) >= 11 is 0. The van der Waals surface area contributed by atoms with Crippen molar-refractivity contribution < 1.29 is 13.9 Å². The third kappa shape index (κ3) is 3.52. The molecule has 1 aliphatic rings. The first-order valence-electron chi connectivity index (χ1n) is 7.98. The van der Waals surface area contributed by atoms with Crippen molar-refractivity contribution in [3.05, 3.63) is 30.2 Å². The third-order valence-corrected chi connectivity index (χ3v) is 4.03. The fourth-order valence-electron chi connectivity index (χ4n) is 2.67. The molecular weight excluding hydrogens is 313 g/mol. The number of aryl methyl sites for hydroxylation is 1. The van der Waals surface area contributed by atoms with Crippen molar-refractivity contribution in [1.82, 2.24) is 19.9 Å². The Morgan fingerprint density at radius 3 is 2.50 bits per heavy atom. The van der Waals surface area contributed by atoms with E-state index in [1.54, 1.807) is 19.5 Å². The van der Waals surface area contributed by atoms with Gasteiger partial charge in [0.25, 0.3) is 0 Å². The number of halogens is 1. The molecule has 1 fully saturated rings. The van der Waals surface area contributed by atoms with Crippen LogP contribution < -0.4 is 14.4 Å². The predicted molar refractivity (Wildman–Crippen MR) is 85.8 cm³/mol. The fraction of sp³-hybridized carbons (Fsp3) is 0.500. The first-order valence-corrected chi connectivity index (χ1v) is 7.98. The van der Waals surface area contributed by atoms with Crippen LogP contribution in [-0.2, 0) is 6.42 Å². The molecule has 0 radical (unpaired) electrons. The SMILES string of the molecule is CCc1ncnc(N2CCC(Oc3ncc(OC)cn3)CC2)c1F. The molecule has 0 aliphatic carbocycles. The van der Waals surface area contributed by atoms with Crippen LogP contribution >= 0.6 is 0 Å². The highest BCUT2D eigenvalue weighted by Gasteiger charge is 2.25. The first-order chi connectivity index (χ1) is 11.7. The molecule has 3 heterocycles. The minimum atomic E-state index is -0.321. The lowest BCUT2D eigenvalue weighted by Gasteiger charge is -2.32. The van der Waals surface area contributed by atoms with Crippen LogP contribution in [0, 0.1) is 5.82 Å². The van der Waals surface area contributed by atoms with E-state index in [1.807, 2.05) is 11.8 Å². The second-order valence-electron chi connectivity index (χ2n) is 5.52. The van der Waals surface area contributed by atoms with E-state index in [0.717, 1.165) is 12.8 Å². The van der Waals surface area contributed by atoms with Gasteiger partial charge in [-0.25, -0.2) is 14.4 Å². The molecule has 7 nitrogen and oxygen atoms in total. The van der Waals surface area contributed by atoms with Crippen LogP contribution in [0.25, 0.3) is 0 Å². The summed E-state index contributed by atoms with van der Waals surface area (Å²) in [5.74, 6) is 0.641. The highest BCUT2D eigenvalue weighted by molar-refractivity contribution is 5.41. The van der Waals surface area contributed by atoms with Gasteiger partial charge in [-0.05, 0) is 6.42 Å². The number of anilines is 1. The van der Waals surface area contributed by atoms with Crippen LogP contribution in [0.5, 0.6) is 11.8 Å². The van der Waals surface area contributed by atoms with Gasteiger partial charge in [0.15, 0.2) is 17.4 Å². The van der Waals surface area contributed by atoms with Gasteiger partial charge in [-0.1, -0.05) is 6.92 Å². The highest BCUT2D eigenvalue weighted by atomic mass is 19.1. The molecule has 0 aromatic carbocycles. The first kappa shape index (κ1) is 16.4. The van der Waals surface area contributed by atoms with Crippen molar-refractivity contribution in [3.8, 4) is 11.8 Å².